The van der Waals surface area contributed by atoms with E-state index in [1.165, 1.54) is 6.08 Å². The third kappa shape index (κ3) is 2.16. The fourth-order valence-corrected chi connectivity index (χ4v) is 1.66. The first-order valence-corrected chi connectivity index (χ1v) is 4.98. The molecule has 6 nitrogen and oxygen atoms in total. The molecule has 2 unspecified atom stereocenters. The van der Waals surface area contributed by atoms with Crippen LogP contribution in [0, 0.1) is 10.1 Å². The number of aliphatic hydroxyl groups excluding tert-OH is 1. The second kappa shape index (κ2) is 4.34. The van der Waals surface area contributed by atoms with Gasteiger partial charge in [-0.1, -0.05) is 30.3 Å². The van der Waals surface area contributed by atoms with E-state index in [4.69, 9.17) is 0 Å². The molecule has 6 heteroatoms. The van der Waals surface area contributed by atoms with Gasteiger partial charge in [0.2, 0.25) is 0 Å². The predicted octanol–water partition coefficient (Wildman–Crippen LogP) is 0.163. The molecule has 1 fully saturated rings. The molecule has 1 aromatic rings. The van der Waals surface area contributed by atoms with Gasteiger partial charge in [-0.15, -0.1) is 0 Å². The molecule has 0 aromatic heterocycles. The summed E-state index contributed by atoms with van der Waals surface area (Å²) < 4.78 is 0. The van der Waals surface area contributed by atoms with E-state index in [1.54, 1.807) is 24.3 Å². The van der Waals surface area contributed by atoms with Gasteiger partial charge >= 0.3 is 11.9 Å². The number of aliphatic hydroxyl groups is 1. The number of nitrogens with zero attached hydrogens (tertiary/aromatic N) is 1. The normalized spacial score (nSPS) is 25.9. The van der Waals surface area contributed by atoms with Crippen molar-refractivity contribution in [1.82, 2.24) is 5.32 Å². The summed E-state index contributed by atoms with van der Waals surface area (Å²) in [5.41, 5.74) is 0.911. The first-order chi connectivity index (χ1) is 8.09. The van der Waals surface area contributed by atoms with Crippen molar-refractivity contribution in [3.8, 4) is 0 Å². The average Bonchev–Trinajstić information content (AvgIpc) is 2.55. The lowest BCUT2D eigenvalue weighted by molar-refractivity contribution is -0.514. The van der Waals surface area contributed by atoms with E-state index in [1.807, 2.05) is 6.07 Å². The van der Waals surface area contributed by atoms with Gasteiger partial charge in [-0.2, -0.15) is 0 Å². The zero-order valence-corrected chi connectivity index (χ0v) is 8.74. The number of carbonyl (C=O) groups is 1. The van der Waals surface area contributed by atoms with E-state index in [2.05, 4.69) is 5.32 Å². The Balaban J connectivity index is 2.28. The molecule has 0 spiro atoms. The summed E-state index contributed by atoms with van der Waals surface area (Å²) in [6.07, 6.45) is 0.101. The Labute approximate surface area is 96.7 Å². The maximum atomic E-state index is 11.3. The summed E-state index contributed by atoms with van der Waals surface area (Å²) in [6.45, 7) is 0. The second-order valence-electron chi connectivity index (χ2n) is 3.67. The molecule has 0 aliphatic carbocycles. The van der Waals surface area contributed by atoms with Gasteiger partial charge in [-0.05, 0) is 11.6 Å². The van der Waals surface area contributed by atoms with Crippen molar-refractivity contribution >= 4 is 12.0 Å². The SMILES string of the molecule is O=C1NC(=Cc2ccccc2)C(O)C1[N+](=O)[O-]. The van der Waals surface area contributed by atoms with Crippen molar-refractivity contribution in [2.24, 2.45) is 0 Å². The average molecular weight is 234 g/mol. The van der Waals surface area contributed by atoms with Crippen molar-refractivity contribution in [3.63, 3.8) is 0 Å². The Hall–Kier alpha value is -2.21. The summed E-state index contributed by atoms with van der Waals surface area (Å²) in [5, 5.41) is 22.5. The molecule has 1 aliphatic heterocycles. The van der Waals surface area contributed by atoms with Crippen LogP contribution in [-0.2, 0) is 4.79 Å². The molecule has 1 heterocycles. The van der Waals surface area contributed by atoms with E-state index in [0.29, 0.717) is 0 Å². The van der Waals surface area contributed by atoms with Crippen molar-refractivity contribution < 1.29 is 14.8 Å². The molecule has 17 heavy (non-hydrogen) atoms. The number of nitro groups is 1. The Morgan fingerprint density at radius 1 is 1.35 bits per heavy atom. The quantitative estimate of drug-likeness (QED) is 0.563. The summed E-state index contributed by atoms with van der Waals surface area (Å²) in [7, 11) is 0. The fraction of sp³-hybridized carbons (Fsp3) is 0.182. The summed E-state index contributed by atoms with van der Waals surface area (Å²) >= 11 is 0. The van der Waals surface area contributed by atoms with Gasteiger partial charge in [0.05, 0.1) is 5.70 Å². The molecule has 0 bridgehead atoms. The molecule has 2 atom stereocenters. The molecule has 0 radical (unpaired) electrons. The van der Waals surface area contributed by atoms with E-state index in [9.17, 15) is 20.0 Å². The number of nitrogens with one attached hydrogen (secondary N) is 1. The van der Waals surface area contributed by atoms with Gasteiger partial charge in [0.1, 0.15) is 0 Å². The Morgan fingerprint density at radius 3 is 2.53 bits per heavy atom. The first kappa shape index (κ1) is 11.3. The summed E-state index contributed by atoms with van der Waals surface area (Å²) in [4.78, 5) is 21.1. The second-order valence-corrected chi connectivity index (χ2v) is 3.67. The Bertz CT molecular complexity index is 484. The summed E-state index contributed by atoms with van der Waals surface area (Å²) in [6, 6.07) is 7.33. The van der Waals surface area contributed by atoms with Crippen LogP contribution in [0.25, 0.3) is 6.08 Å². The summed E-state index contributed by atoms with van der Waals surface area (Å²) in [5.74, 6) is -0.787. The smallest absolute Gasteiger partial charge is 0.320 e. The lowest BCUT2D eigenvalue weighted by atomic mass is 10.1. The van der Waals surface area contributed by atoms with Crippen LogP contribution in [0.2, 0.25) is 0 Å². The van der Waals surface area contributed by atoms with Crippen molar-refractivity contribution in [2.45, 2.75) is 12.1 Å². The van der Waals surface area contributed by atoms with Crippen LogP contribution in [-0.4, -0.2) is 28.1 Å². The van der Waals surface area contributed by atoms with Gasteiger partial charge in [0.25, 0.3) is 0 Å². The largest absolute Gasteiger partial charge is 0.379 e. The Morgan fingerprint density at radius 2 is 2.00 bits per heavy atom. The number of hydrogen-bond acceptors (Lipinski definition) is 4. The minimum atomic E-state index is -1.62. The van der Waals surface area contributed by atoms with E-state index >= 15 is 0 Å². The van der Waals surface area contributed by atoms with Crippen LogP contribution in [0.15, 0.2) is 36.0 Å². The highest BCUT2D eigenvalue weighted by molar-refractivity contribution is 5.88. The molecule has 0 saturated carbocycles. The molecule has 1 amide bonds. The maximum Gasteiger partial charge on any atom is 0.320 e. The molecule has 2 N–H and O–H groups in total. The number of hydrogen-bond donors (Lipinski definition) is 2. The molecule has 2 rings (SSSR count). The van der Waals surface area contributed by atoms with Gasteiger partial charge in [-0.25, -0.2) is 0 Å². The maximum absolute atomic E-state index is 11.3. The Kier molecular flexibility index (Phi) is 2.88. The van der Waals surface area contributed by atoms with E-state index in [0.717, 1.165) is 5.56 Å². The van der Waals surface area contributed by atoms with Crippen LogP contribution in [0.1, 0.15) is 5.56 Å². The molecular formula is C11H10N2O4. The third-order valence-electron chi connectivity index (χ3n) is 2.50. The van der Waals surface area contributed by atoms with E-state index in [-0.39, 0.29) is 5.70 Å². The zero-order valence-electron chi connectivity index (χ0n) is 8.74. The topological polar surface area (TPSA) is 92.5 Å². The first-order valence-electron chi connectivity index (χ1n) is 4.98. The number of carbonyl (C=O) groups excluding carboxylic acids is 1. The van der Waals surface area contributed by atoms with Gasteiger partial charge < -0.3 is 10.4 Å². The number of amides is 1. The standard InChI is InChI=1S/C11H10N2O4/c14-10-8(6-7-4-2-1-3-5-7)12-11(15)9(10)13(16)17/h1-6,9-10,14H,(H,12,15). The minimum Gasteiger partial charge on any atom is -0.379 e. The molecule has 1 saturated heterocycles. The molecule has 1 aromatic carbocycles. The van der Waals surface area contributed by atoms with Crippen LogP contribution >= 0.6 is 0 Å². The zero-order chi connectivity index (χ0) is 12.4. The predicted molar refractivity (Wildman–Crippen MR) is 59.4 cm³/mol. The van der Waals surface area contributed by atoms with Gasteiger partial charge in [0, 0.05) is 4.92 Å². The lowest BCUT2D eigenvalue weighted by Gasteiger charge is -2.04. The molecule has 1 aliphatic rings. The van der Waals surface area contributed by atoms with Gasteiger partial charge in [-0.3, -0.25) is 14.9 Å². The lowest BCUT2D eigenvalue weighted by Crippen LogP contribution is -2.35. The minimum absolute atomic E-state index is 0.155. The van der Waals surface area contributed by atoms with Crippen molar-refractivity contribution in [3.05, 3.63) is 51.7 Å². The van der Waals surface area contributed by atoms with Crippen molar-refractivity contribution in [2.75, 3.05) is 0 Å². The molecular weight excluding hydrogens is 224 g/mol. The van der Waals surface area contributed by atoms with Crippen LogP contribution < -0.4 is 5.32 Å². The van der Waals surface area contributed by atoms with Crippen LogP contribution in [0.4, 0.5) is 0 Å². The van der Waals surface area contributed by atoms with Crippen molar-refractivity contribution in [1.29, 1.82) is 0 Å². The monoisotopic (exact) mass is 234 g/mol. The molecule has 88 valence electrons. The van der Waals surface area contributed by atoms with E-state index < -0.39 is 23.0 Å². The van der Waals surface area contributed by atoms with Crippen LogP contribution in [0.3, 0.4) is 0 Å². The van der Waals surface area contributed by atoms with Crippen LogP contribution in [0.5, 0.6) is 0 Å². The number of rotatable bonds is 2. The highest BCUT2D eigenvalue weighted by Crippen LogP contribution is 2.18. The fourth-order valence-electron chi connectivity index (χ4n) is 1.66. The highest BCUT2D eigenvalue weighted by Gasteiger charge is 2.46. The van der Waals surface area contributed by atoms with Gasteiger partial charge in [0.15, 0.2) is 6.10 Å². The number of benzene rings is 1. The highest BCUT2D eigenvalue weighted by atomic mass is 16.6. The third-order valence-corrected chi connectivity index (χ3v) is 2.50.